The Morgan fingerprint density at radius 2 is 2.21 bits per heavy atom. The van der Waals surface area contributed by atoms with Crippen molar-refractivity contribution in [3.8, 4) is 0 Å². The highest BCUT2D eigenvalue weighted by atomic mass is 16.8. The van der Waals surface area contributed by atoms with E-state index in [1.165, 1.54) is 0 Å². The van der Waals surface area contributed by atoms with Crippen LogP contribution in [0.2, 0.25) is 0 Å². The fourth-order valence-electron chi connectivity index (χ4n) is 1.81. The van der Waals surface area contributed by atoms with E-state index in [0.29, 0.717) is 12.9 Å². The lowest BCUT2D eigenvalue weighted by Crippen LogP contribution is -2.45. The van der Waals surface area contributed by atoms with Gasteiger partial charge in [-0.25, -0.2) is 0 Å². The first kappa shape index (κ1) is 10.0. The number of fused-ring (bicyclic) bond motifs is 1. The molecule has 2 rings (SSSR count). The Kier molecular flexibility index (Phi) is 2.35. The molecule has 2 heterocycles. The molecule has 0 aromatic heterocycles. The summed E-state index contributed by atoms with van der Waals surface area (Å²) < 4.78 is 16.0. The second kappa shape index (κ2) is 3.27. The zero-order valence-corrected chi connectivity index (χ0v) is 8.17. The summed E-state index contributed by atoms with van der Waals surface area (Å²) in [5.41, 5.74) is 0. The Morgan fingerprint density at radius 3 is 2.86 bits per heavy atom. The fraction of sp³-hybridized carbons (Fsp3) is 0.889. The van der Waals surface area contributed by atoms with Crippen LogP contribution in [0.4, 0.5) is 0 Å². The third-order valence-corrected chi connectivity index (χ3v) is 2.63. The van der Waals surface area contributed by atoms with E-state index in [0.717, 1.165) is 0 Å². The summed E-state index contributed by atoms with van der Waals surface area (Å²) in [5.74, 6) is -1.45. The van der Waals surface area contributed by atoms with Gasteiger partial charge in [-0.2, -0.15) is 0 Å². The summed E-state index contributed by atoms with van der Waals surface area (Å²) in [5, 5.41) is 9.40. The summed E-state index contributed by atoms with van der Waals surface area (Å²) in [7, 11) is 0. The smallest absolute Gasteiger partial charge is 0.170 e. The molecule has 0 radical (unpaired) electrons. The van der Waals surface area contributed by atoms with Gasteiger partial charge in [-0.05, 0) is 13.8 Å². The van der Waals surface area contributed by atoms with Crippen molar-refractivity contribution in [2.45, 2.75) is 32.2 Å². The zero-order valence-electron chi connectivity index (χ0n) is 8.17. The van der Waals surface area contributed by atoms with E-state index in [4.69, 9.17) is 14.2 Å². The molecule has 5 nitrogen and oxygen atoms in total. The van der Waals surface area contributed by atoms with Crippen LogP contribution in [0.3, 0.4) is 0 Å². The van der Waals surface area contributed by atoms with Crippen LogP contribution < -0.4 is 0 Å². The number of aldehydes is 1. The van der Waals surface area contributed by atoms with Crippen LogP contribution in [-0.4, -0.2) is 36.4 Å². The van der Waals surface area contributed by atoms with E-state index in [1.54, 1.807) is 13.8 Å². The molecule has 0 aromatic rings. The van der Waals surface area contributed by atoms with Crippen LogP contribution in [0.15, 0.2) is 0 Å². The molecular formula is C9H14O5. The topological polar surface area (TPSA) is 65.0 Å². The minimum Gasteiger partial charge on any atom is -0.367 e. The lowest BCUT2D eigenvalue weighted by atomic mass is 9.95. The van der Waals surface area contributed by atoms with Crippen molar-refractivity contribution >= 4 is 6.29 Å². The molecule has 2 saturated heterocycles. The van der Waals surface area contributed by atoms with E-state index >= 15 is 0 Å². The number of carbonyl (C=O) groups is 1. The van der Waals surface area contributed by atoms with E-state index in [-0.39, 0.29) is 5.92 Å². The monoisotopic (exact) mass is 202 g/mol. The van der Waals surface area contributed by atoms with Crippen molar-refractivity contribution in [1.29, 1.82) is 0 Å². The summed E-state index contributed by atoms with van der Waals surface area (Å²) in [4.78, 5) is 10.7. The van der Waals surface area contributed by atoms with Gasteiger partial charge in [0, 0.05) is 5.92 Å². The summed E-state index contributed by atoms with van der Waals surface area (Å²) >= 11 is 0. The molecule has 0 amide bonds. The first-order chi connectivity index (χ1) is 6.53. The number of ether oxygens (including phenoxy) is 3. The molecule has 0 aliphatic carbocycles. The van der Waals surface area contributed by atoms with Crippen molar-refractivity contribution in [3.05, 3.63) is 0 Å². The highest BCUT2D eigenvalue weighted by molar-refractivity contribution is 5.55. The van der Waals surface area contributed by atoms with Gasteiger partial charge >= 0.3 is 0 Å². The van der Waals surface area contributed by atoms with Crippen LogP contribution in [0.5, 0.6) is 0 Å². The minimum absolute atomic E-state index is 0.199. The standard InChI is InChI=1S/C9H14O5/c1-9(2)12-4-6-5(3-10)7(11)13-8(6)14-9/h3,5-8,11H,4H2,1-2H3/t5-,6+,7-,8-/m0/s1. The third kappa shape index (κ3) is 1.56. The summed E-state index contributed by atoms with van der Waals surface area (Å²) in [6.45, 7) is 3.92. The van der Waals surface area contributed by atoms with Gasteiger partial charge < -0.3 is 24.1 Å². The van der Waals surface area contributed by atoms with Gasteiger partial charge in [0.2, 0.25) is 0 Å². The third-order valence-electron chi connectivity index (χ3n) is 2.63. The number of aliphatic hydroxyl groups is 1. The van der Waals surface area contributed by atoms with Crippen molar-refractivity contribution in [2.24, 2.45) is 11.8 Å². The Bertz CT molecular complexity index is 239. The largest absolute Gasteiger partial charge is 0.367 e. The molecule has 14 heavy (non-hydrogen) atoms. The zero-order chi connectivity index (χ0) is 10.3. The summed E-state index contributed by atoms with van der Waals surface area (Å²) in [6.07, 6.45) is -0.913. The summed E-state index contributed by atoms with van der Waals surface area (Å²) in [6, 6.07) is 0. The predicted molar refractivity (Wildman–Crippen MR) is 45.0 cm³/mol. The molecule has 0 spiro atoms. The molecule has 80 valence electrons. The van der Waals surface area contributed by atoms with Crippen LogP contribution in [0.25, 0.3) is 0 Å². The molecule has 2 fully saturated rings. The van der Waals surface area contributed by atoms with Crippen molar-refractivity contribution in [2.75, 3.05) is 6.61 Å². The Morgan fingerprint density at radius 1 is 1.50 bits per heavy atom. The molecule has 0 aromatic carbocycles. The molecule has 2 aliphatic rings. The SMILES string of the molecule is CC1(C)OC[C@H]2[C@@H](O[C@H](O)[C@H]2C=O)O1. The number of hydrogen-bond acceptors (Lipinski definition) is 5. The highest BCUT2D eigenvalue weighted by Gasteiger charge is 2.50. The Hall–Kier alpha value is -0.490. The first-order valence-electron chi connectivity index (χ1n) is 4.64. The maximum atomic E-state index is 10.7. The minimum atomic E-state index is -1.07. The van der Waals surface area contributed by atoms with Gasteiger partial charge in [0.25, 0.3) is 0 Å². The van der Waals surface area contributed by atoms with E-state index < -0.39 is 24.3 Å². The number of carbonyl (C=O) groups excluding carboxylic acids is 1. The molecule has 1 N–H and O–H groups in total. The fourth-order valence-corrected chi connectivity index (χ4v) is 1.81. The van der Waals surface area contributed by atoms with E-state index in [9.17, 15) is 9.90 Å². The number of aliphatic hydroxyl groups excluding tert-OH is 1. The predicted octanol–water partition coefficient (Wildman–Crippen LogP) is -0.125. The van der Waals surface area contributed by atoms with Crippen molar-refractivity contribution in [1.82, 2.24) is 0 Å². The molecule has 0 unspecified atom stereocenters. The van der Waals surface area contributed by atoms with E-state index in [2.05, 4.69) is 0 Å². The highest BCUT2D eigenvalue weighted by Crippen LogP contribution is 2.38. The van der Waals surface area contributed by atoms with Gasteiger partial charge in [-0.3, -0.25) is 0 Å². The van der Waals surface area contributed by atoms with Crippen molar-refractivity contribution in [3.63, 3.8) is 0 Å². The molecule has 4 atom stereocenters. The second-order valence-corrected chi connectivity index (χ2v) is 4.10. The Balaban J connectivity index is 2.11. The van der Waals surface area contributed by atoms with Crippen LogP contribution in [-0.2, 0) is 19.0 Å². The van der Waals surface area contributed by atoms with Crippen molar-refractivity contribution < 1.29 is 24.1 Å². The van der Waals surface area contributed by atoms with Crippen LogP contribution >= 0.6 is 0 Å². The lowest BCUT2D eigenvalue weighted by molar-refractivity contribution is -0.343. The Labute approximate surface area is 81.9 Å². The van der Waals surface area contributed by atoms with Crippen LogP contribution in [0.1, 0.15) is 13.8 Å². The first-order valence-corrected chi connectivity index (χ1v) is 4.64. The quantitative estimate of drug-likeness (QED) is 0.600. The lowest BCUT2D eigenvalue weighted by Gasteiger charge is -2.37. The molecule has 0 bridgehead atoms. The van der Waals surface area contributed by atoms with Gasteiger partial charge in [-0.15, -0.1) is 0 Å². The van der Waals surface area contributed by atoms with Crippen LogP contribution in [0, 0.1) is 11.8 Å². The molecular weight excluding hydrogens is 188 g/mol. The normalized spacial score (nSPS) is 45.9. The van der Waals surface area contributed by atoms with Gasteiger partial charge in [0.05, 0.1) is 12.5 Å². The molecule has 5 heteroatoms. The second-order valence-electron chi connectivity index (χ2n) is 4.10. The number of rotatable bonds is 1. The molecule has 2 aliphatic heterocycles. The number of hydrogen-bond donors (Lipinski definition) is 1. The van der Waals surface area contributed by atoms with Gasteiger partial charge in [-0.1, -0.05) is 0 Å². The van der Waals surface area contributed by atoms with Gasteiger partial charge in [0.15, 0.2) is 18.4 Å². The van der Waals surface area contributed by atoms with E-state index in [1.807, 2.05) is 0 Å². The maximum absolute atomic E-state index is 10.7. The maximum Gasteiger partial charge on any atom is 0.170 e. The molecule has 0 saturated carbocycles. The average Bonchev–Trinajstić information content (AvgIpc) is 2.37. The average molecular weight is 202 g/mol. The van der Waals surface area contributed by atoms with Gasteiger partial charge in [0.1, 0.15) is 6.29 Å².